The van der Waals surface area contributed by atoms with E-state index in [0.717, 1.165) is 86.7 Å². The van der Waals surface area contributed by atoms with Crippen LogP contribution in [0.4, 0.5) is 5.82 Å². The second-order valence-corrected chi connectivity index (χ2v) is 8.37. The van der Waals surface area contributed by atoms with Crippen LogP contribution in [0.2, 0.25) is 0 Å². The van der Waals surface area contributed by atoms with Gasteiger partial charge in [-0.15, -0.1) is 0 Å². The van der Waals surface area contributed by atoms with Crippen molar-refractivity contribution in [3.05, 3.63) is 34.6 Å². The van der Waals surface area contributed by atoms with Crippen molar-refractivity contribution < 1.29 is 4.74 Å². The van der Waals surface area contributed by atoms with Crippen molar-refractivity contribution in [1.82, 2.24) is 24.9 Å². The lowest BCUT2D eigenvalue weighted by Gasteiger charge is -2.37. The number of rotatable bonds is 9. The summed E-state index contributed by atoms with van der Waals surface area (Å²) in [4.78, 5) is 9.47. The second kappa shape index (κ2) is 14.3. The number of allylic oxidation sites excluding steroid dienone is 4. The Labute approximate surface area is 204 Å². The maximum absolute atomic E-state index is 6.20. The molecule has 8 nitrogen and oxygen atoms in total. The van der Waals surface area contributed by atoms with Gasteiger partial charge in [0.2, 0.25) is 5.96 Å². The molecule has 0 spiro atoms. The Morgan fingerprint density at radius 2 is 1.97 bits per heavy atom. The van der Waals surface area contributed by atoms with E-state index in [-0.39, 0.29) is 6.17 Å². The molecule has 2 N–H and O–H groups in total. The smallest absolute Gasteiger partial charge is 0.201 e. The first kappa shape index (κ1) is 27.2. The molecule has 1 saturated heterocycles. The zero-order chi connectivity index (χ0) is 24.2. The molecule has 186 valence electrons. The van der Waals surface area contributed by atoms with E-state index in [4.69, 9.17) is 21.3 Å². The van der Waals surface area contributed by atoms with Gasteiger partial charge in [0, 0.05) is 51.0 Å². The van der Waals surface area contributed by atoms with Crippen molar-refractivity contribution in [2.24, 2.45) is 12.0 Å². The first-order valence-electron chi connectivity index (χ1n) is 12.2. The summed E-state index contributed by atoms with van der Waals surface area (Å²) in [6.07, 6.45) is 8.63. The lowest BCUT2D eigenvalue weighted by atomic mass is 10.1. The number of fused-ring (bicyclic) bond motifs is 1. The van der Waals surface area contributed by atoms with Gasteiger partial charge in [0.05, 0.1) is 25.0 Å². The van der Waals surface area contributed by atoms with E-state index in [1.807, 2.05) is 37.8 Å². The molecular formula is C24H42ClN7O. The lowest BCUT2D eigenvalue weighted by Crippen LogP contribution is -2.46. The zero-order valence-corrected chi connectivity index (χ0v) is 22.0. The van der Waals surface area contributed by atoms with Gasteiger partial charge in [-0.1, -0.05) is 39.3 Å². The summed E-state index contributed by atoms with van der Waals surface area (Å²) in [5.74, 6) is 1.83. The van der Waals surface area contributed by atoms with Crippen LogP contribution in [-0.4, -0.2) is 72.0 Å². The number of hydrogen-bond donors (Lipinski definition) is 2. The minimum absolute atomic E-state index is 0.0528. The summed E-state index contributed by atoms with van der Waals surface area (Å²) in [7, 11) is 4.01. The van der Waals surface area contributed by atoms with E-state index in [1.165, 1.54) is 0 Å². The zero-order valence-electron chi connectivity index (χ0n) is 21.2. The van der Waals surface area contributed by atoms with Gasteiger partial charge in [0.1, 0.15) is 12.0 Å². The molecule has 3 rings (SSSR count). The SMILES string of the molecule is CC.CC/C(Cl)=C\C=C(/CC)NC1c2cnn(C)c2NC(=NCCCN2CCOCC2)N1C. The van der Waals surface area contributed by atoms with Gasteiger partial charge in [-0.05, 0) is 31.4 Å². The summed E-state index contributed by atoms with van der Waals surface area (Å²) in [6.45, 7) is 13.7. The lowest BCUT2D eigenvalue weighted by molar-refractivity contribution is 0.0377. The molecule has 0 bridgehead atoms. The average molecular weight is 480 g/mol. The van der Waals surface area contributed by atoms with Gasteiger partial charge >= 0.3 is 0 Å². The Hall–Kier alpha value is -2.03. The van der Waals surface area contributed by atoms with Crippen LogP contribution < -0.4 is 10.6 Å². The average Bonchev–Trinajstić information content (AvgIpc) is 3.22. The predicted molar refractivity (Wildman–Crippen MR) is 139 cm³/mol. The molecule has 9 heteroatoms. The third-order valence-corrected chi connectivity index (χ3v) is 6.11. The van der Waals surface area contributed by atoms with Gasteiger partial charge in [-0.25, -0.2) is 0 Å². The molecule has 0 saturated carbocycles. The molecule has 0 amide bonds. The minimum atomic E-state index is -0.0528. The van der Waals surface area contributed by atoms with Crippen LogP contribution in [-0.2, 0) is 11.8 Å². The number of hydrogen-bond acceptors (Lipinski definition) is 5. The van der Waals surface area contributed by atoms with E-state index < -0.39 is 0 Å². The van der Waals surface area contributed by atoms with Crippen molar-refractivity contribution in [2.75, 3.05) is 51.8 Å². The molecule has 2 aliphatic heterocycles. The maximum atomic E-state index is 6.20. The van der Waals surface area contributed by atoms with Crippen LogP contribution in [0.15, 0.2) is 34.1 Å². The van der Waals surface area contributed by atoms with Crippen molar-refractivity contribution in [2.45, 2.75) is 53.1 Å². The Morgan fingerprint density at radius 3 is 2.64 bits per heavy atom. The Bertz CT molecular complexity index is 812. The second-order valence-electron chi connectivity index (χ2n) is 7.88. The highest BCUT2D eigenvalue weighted by molar-refractivity contribution is 6.29. The van der Waals surface area contributed by atoms with Crippen LogP contribution in [0.5, 0.6) is 0 Å². The van der Waals surface area contributed by atoms with Gasteiger partial charge in [0.15, 0.2) is 0 Å². The minimum Gasteiger partial charge on any atom is -0.379 e. The molecule has 0 radical (unpaired) electrons. The molecule has 2 aliphatic rings. The van der Waals surface area contributed by atoms with Gasteiger partial charge in [-0.2, -0.15) is 5.10 Å². The number of anilines is 1. The van der Waals surface area contributed by atoms with E-state index in [0.29, 0.717) is 0 Å². The van der Waals surface area contributed by atoms with Crippen LogP contribution >= 0.6 is 11.6 Å². The number of guanidine groups is 1. The Balaban J connectivity index is 0.00000187. The number of aromatic nitrogens is 2. The monoisotopic (exact) mass is 479 g/mol. The van der Waals surface area contributed by atoms with E-state index >= 15 is 0 Å². The molecular weight excluding hydrogens is 438 g/mol. The highest BCUT2D eigenvalue weighted by atomic mass is 35.5. The number of morpholine rings is 1. The topological polar surface area (TPSA) is 70.0 Å². The highest BCUT2D eigenvalue weighted by Crippen LogP contribution is 2.30. The summed E-state index contributed by atoms with van der Waals surface area (Å²) in [5, 5.41) is 12.4. The number of aryl methyl sites for hydroxylation is 1. The first-order valence-corrected chi connectivity index (χ1v) is 12.6. The molecule has 1 aromatic heterocycles. The van der Waals surface area contributed by atoms with Gasteiger partial charge < -0.3 is 20.3 Å². The standard InChI is InChI=1S/C22H36ClN7O.C2H6/c1-5-17(23)8-9-18(6-2)26-20-19-16-25-29(4)21(19)27-22(28(20)3)24-10-7-11-30-12-14-31-15-13-30;1-2/h8-9,16,20,26H,5-7,10-15H2,1-4H3,(H,24,27);1-2H3/b17-8+,18-9+;. The number of nitrogens with one attached hydrogen (secondary N) is 2. The molecule has 3 heterocycles. The summed E-state index contributed by atoms with van der Waals surface area (Å²) in [6, 6.07) is 0. The summed E-state index contributed by atoms with van der Waals surface area (Å²) < 4.78 is 7.29. The van der Waals surface area contributed by atoms with Crippen molar-refractivity contribution in [3.63, 3.8) is 0 Å². The largest absolute Gasteiger partial charge is 0.379 e. The number of ether oxygens (including phenoxy) is 1. The van der Waals surface area contributed by atoms with Crippen LogP contribution in [0, 0.1) is 0 Å². The quantitative estimate of drug-likeness (QED) is 0.406. The Morgan fingerprint density at radius 1 is 1.24 bits per heavy atom. The fourth-order valence-corrected chi connectivity index (χ4v) is 3.78. The highest BCUT2D eigenvalue weighted by Gasteiger charge is 2.31. The van der Waals surface area contributed by atoms with E-state index in [1.54, 1.807) is 0 Å². The first-order chi connectivity index (χ1) is 16.0. The van der Waals surface area contributed by atoms with Crippen molar-refractivity contribution in [3.8, 4) is 0 Å². The van der Waals surface area contributed by atoms with Crippen LogP contribution in [0.3, 0.4) is 0 Å². The maximum Gasteiger partial charge on any atom is 0.201 e. The van der Waals surface area contributed by atoms with Gasteiger partial charge in [0.25, 0.3) is 0 Å². The third-order valence-electron chi connectivity index (χ3n) is 5.72. The van der Waals surface area contributed by atoms with Crippen LogP contribution in [0.1, 0.15) is 58.7 Å². The molecule has 1 unspecified atom stereocenters. The molecule has 0 aromatic carbocycles. The molecule has 1 fully saturated rings. The van der Waals surface area contributed by atoms with Crippen LogP contribution in [0.25, 0.3) is 0 Å². The fourth-order valence-electron chi connectivity index (χ4n) is 3.71. The van der Waals surface area contributed by atoms with E-state index in [2.05, 4.69) is 52.5 Å². The molecule has 1 aromatic rings. The Kier molecular flexibility index (Phi) is 11.8. The fraction of sp³-hybridized carbons (Fsp3) is 0.667. The van der Waals surface area contributed by atoms with Gasteiger partial charge in [-0.3, -0.25) is 14.6 Å². The summed E-state index contributed by atoms with van der Waals surface area (Å²) in [5.41, 5.74) is 2.22. The number of nitrogens with zero attached hydrogens (tertiary/aromatic N) is 5. The molecule has 1 atom stereocenters. The van der Waals surface area contributed by atoms with E-state index in [9.17, 15) is 0 Å². The van der Waals surface area contributed by atoms with Crippen molar-refractivity contribution >= 4 is 23.4 Å². The summed E-state index contributed by atoms with van der Waals surface area (Å²) >= 11 is 6.20. The normalized spacial score (nSPS) is 20.8. The molecule has 33 heavy (non-hydrogen) atoms. The molecule has 0 aliphatic carbocycles. The third kappa shape index (κ3) is 7.76. The number of aliphatic imine (C=N–C) groups is 1. The number of halogens is 1. The van der Waals surface area contributed by atoms with Crippen molar-refractivity contribution in [1.29, 1.82) is 0 Å². The predicted octanol–water partition coefficient (Wildman–Crippen LogP) is 4.30.